The molecule has 0 aliphatic heterocycles. The molecule has 0 bridgehead atoms. The van der Waals surface area contributed by atoms with Crippen molar-refractivity contribution in [1.82, 2.24) is 0 Å². The van der Waals surface area contributed by atoms with Gasteiger partial charge in [0.25, 0.3) is 0 Å². The Morgan fingerprint density at radius 2 is 0.391 bits per heavy atom. The lowest BCUT2D eigenvalue weighted by atomic mass is 10.1. The van der Waals surface area contributed by atoms with E-state index in [9.17, 15) is 0 Å². The zero-order valence-electron chi connectivity index (χ0n) is 14.7. The highest BCUT2D eigenvalue weighted by atomic mass is 16.3. The van der Waals surface area contributed by atoms with Gasteiger partial charge in [-0.1, -0.05) is 44.9 Å². The Morgan fingerprint density at radius 1 is 0.217 bits per heavy atom. The normalized spacial score (nSPS) is 9.65. The molecule has 0 rings (SSSR count). The summed E-state index contributed by atoms with van der Waals surface area (Å²) >= 11 is 0. The van der Waals surface area contributed by atoms with E-state index in [-0.39, 0.29) is 26.4 Å². The minimum Gasteiger partial charge on any atom is -0.396 e. The van der Waals surface area contributed by atoms with Gasteiger partial charge in [0.05, 0.1) is 13.2 Å². The Hall–Kier alpha value is -0.240. The summed E-state index contributed by atoms with van der Waals surface area (Å²) in [6, 6.07) is 0. The van der Waals surface area contributed by atoms with Crippen LogP contribution < -0.4 is 0 Å². The number of rotatable bonds is 14. The van der Waals surface area contributed by atoms with Gasteiger partial charge in [-0.15, -0.1) is 0 Å². The van der Waals surface area contributed by atoms with Crippen LogP contribution in [0.2, 0.25) is 0 Å². The summed E-state index contributed by atoms with van der Waals surface area (Å²) in [6.45, 7) is 0.976. The van der Waals surface area contributed by atoms with Gasteiger partial charge in [-0.05, 0) is 25.7 Å². The van der Waals surface area contributed by atoms with Gasteiger partial charge >= 0.3 is 0 Å². The van der Waals surface area contributed by atoms with E-state index in [1.54, 1.807) is 0 Å². The fourth-order valence-corrected chi connectivity index (χ4v) is 1.68. The second-order valence-corrected chi connectivity index (χ2v) is 5.23. The summed E-state index contributed by atoms with van der Waals surface area (Å²) in [6.07, 6.45) is 11.7. The average molecular weight is 341 g/mol. The van der Waals surface area contributed by atoms with E-state index in [0.717, 1.165) is 51.4 Å². The highest BCUT2D eigenvalue weighted by Crippen LogP contribution is 2.06. The van der Waals surface area contributed by atoms with Crippen molar-refractivity contribution in [2.24, 2.45) is 0 Å². The van der Waals surface area contributed by atoms with Gasteiger partial charge in [0.2, 0.25) is 0 Å². The standard InChI is InChI=1S/C9H20O2.C6H14O2.C2H6O2/c10-8-6-4-2-1-3-5-7-9-11;7-5-3-1-2-4-6-8;3-1-2-4/h10-11H,1-9H2;7-8H,1-6H2;3-4H,1-2H2. The van der Waals surface area contributed by atoms with E-state index >= 15 is 0 Å². The Morgan fingerprint density at radius 3 is 0.522 bits per heavy atom. The predicted molar refractivity (Wildman–Crippen MR) is 93.3 cm³/mol. The van der Waals surface area contributed by atoms with E-state index < -0.39 is 0 Å². The summed E-state index contributed by atoms with van der Waals surface area (Å²) in [7, 11) is 0. The van der Waals surface area contributed by atoms with Crippen LogP contribution in [0.5, 0.6) is 0 Å². The highest BCUT2D eigenvalue weighted by molar-refractivity contribution is 4.44. The third-order valence-corrected chi connectivity index (χ3v) is 2.98. The van der Waals surface area contributed by atoms with Gasteiger partial charge in [0, 0.05) is 26.4 Å². The third-order valence-electron chi connectivity index (χ3n) is 2.98. The zero-order valence-corrected chi connectivity index (χ0v) is 14.7. The van der Waals surface area contributed by atoms with Crippen LogP contribution in [-0.4, -0.2) is 70.3 Å². The number of unbranched alkanes of at least 4 members (excludes halogenated alkanes) is 9. The first-order chi connectivity index (χ1) is 11.2. The van der Waals surface area contributed by atoms with Crippen LogP contribution in [0.4, 0.5) is 0 Å². The number of hydrogen-bond acceptors (Lipinski definition) is 6. The fourth-order valence-electron chi connectivity index (χ4n) is 1.68. The van der Waals surface area contributed by atoms with Crippen LogP contribution in [0.15, 0.2) is 0 Å². The Labute approximate surface area is 141 Å². The van der Waals surface area contributed by atoms with Crippen molar-refractivity contribution >= 4 is 0 Å². The molecule has 6 nitrogen and oxygen atoms in total. The van der Waals surface area contributed by atoms with Gasteiger partial charge in [0.1, 0.15) is 0 Å². The predicted octanol–water partition coefficient (Wildman–Crippen LogP) is 1.20. The molecule has 0 spiro atoms. The SMILES string of the molecule is OCCCCCCCCCO.OCCCCCCO.OCCO. The molecule has 6 N–H and O–H groups in total. The van der Waals surface area contributed by atoms with E-state index in [0.29, 0.717) is 13.2 Å². The molecule has 23 heavy (non-hydrogen) atoms. The molecule has 0 aliphatic carbocycles. The summed E-state index contributed by atoms with van der Waals surface area (Å²) in [5.41, 5.74) is 0. The Balaban J connectivity index is -0.000000292. The summed E-state index contributed by atoms with van der Waals surface area (Å²) in [4.78, 5) is 0. The van der Waals surface area contributed by atoms with Crippen molar-refractivity contribution in [1.29, 1.82) is 0 Å². The van der Waals surface area contributed by atoms with Gasteiger partial charge in [-0.2, -0.15) is 0 Å². The third kappa shape index (κ3) is 44.9. The quantitative estimate of drug-likeness (QED) is 0.264. The Kier molecular flexibility index (Phi) is 40.1. The molecule has 0 radical (unpaired) electrons. The molecule has 0 heterocycles. The maximum atomic E-state index is 8.47. The molecule has 0 fully saturated rings. The average Bonchev–Trinajstić information content (AvgIpc) is 2.59. The maximum absolute atomic E-state index is 8.47. The molecule has 0 aliphatic rings. The fraction of sp³-hybridized carbons (Fsp3) is 1.00. The first kappa shape index (κ1) is 27.6. The summed E-state index contributed by atoms with van der Waals surface area (Å²) in [5.74, 6) is 0. The molecule has 0 aromatic rings. The van der Waals surface area contributed by atoms with Crippen LogP contribution >= 0.6 is 0 Å². The number of hydrogen-bond donors (Lipinski definition) is 6. The van der Waals surface area contributed by atoms with Gasteiger partial charge < -0.3 is 30.6 Å². The lowest BCUT2D eigenvalue weighted by Gasteiger charge is -1.98. The van der Waals surface area contributed by atoms with E-state index in [1.165, 1.54) is 19.3 Å². The van der Waals surface area contributed by atoms with E-state index in [2.05, 4.69) is 0 Å². The molecule has 0 unspecified atom stereocenters. The first-order valence-electron chi connectivity index (χ1n) is 8.90. The topological polar surface area (TPSA) is 121 Å². The van der Waals surface area contributed by atoms with Crippen LogP contribution in [0.3, 0.4) is 0 Å². The largest absolute Gasteiger partial charge is 0.396 e. The van der Waals surface area contributed by atoms with Gasteiger partial charge in [-0.3, -0.25) is 0 Å². The zero-order chi connectivity index (χ0) is 18.0. The number of aliphatic hydroxyl groups excluding tert-OH is 6. The van der Waals surface area contributed by atoms with Crippen molar-refractivity contribution in [3.63, 3.8) is 0 Å². The van der Waals surface area contributed by atoms with Crippen molar-refractivity contribution < 1.29 is 30.6 Å². The lowest BCUT2D eigenvalue weighted by Crippen LogP contribution is -1.85. The molecule has 0 atom stereocenters. The van der Waals surface area contributed by atoms with Crippen molar-refractivity contribution in [3.8, 4) is 0 Å². The minimum absolute atomic E-state index is 0.125. The molecule has 144 valence electrons. The molecular formula is C17H40O6. The van der Waals surface area contributed by atoms with Crippen molar-refractivity contribution in [2.45, 2.75) is 70.6 Å². The lowest BCUT2D eigenvalue weighted by molar-refractivity contribution is 0.186. The van der Waals surface area contributed by atoms with Crippen LogP contribution in [0, 0.1) is 0 Å². The molecular weight excluding hydrogens is 300 g/mol. The van der Waals surface area contributed by atoms with E-state index in [1.807, 2.05) is 0 Å². The van der Waals surface area contributed by atoms with Gasteiger partial charge in [-0.25, -0.2) is 0 Å². The van der Waals surface area contributed by atoms with E-state index in [4.69, 9.17) is 30.6 Å². The summed E-state index contributed by atoms with van der Waals surface area (Å²) in [5, 5.41) is 48.8. The second kappa shape index (κ2) is 33.4. The van der Waals surface area contributed by atoms with Crippen LogP contribution in [0.1, 0.15) is 70.6 Å². The van der Waals surface area contributed by atoms with Crippen molar-refractivity contribution in [2.75, 3.05) is 39.6 Å². The van der Waals surface area contributed by atoms with Crippen LogP contribution in [0.25, 0.3) is 0 Å². The molecule has 0 saturated carbocycles. The summed E-state index contributed by atoms with van der Waals surface area (Å²) < 4.78 is 0. The maximum Gasteiger partial charge on any atom is 0.0662 e. The molecule has 0 amide bonds. The molecule has 0 aromatic carbocycles. The first-order valence-corrected chi connectivity index (χ1v) is 8.90. The van der Waals surface area contributed by atoms with Gasteiger partial charge in [0.15, 0.2) is 0 Å². The monoisotopic (exact) mass is 340 g/mol. The second-order valence-electron chi connectivity index (χ2n) is 5.23. The molecule has 0 aromatic heterocycles. The van der Waals surface area contributed by atoms with Crippen molar-refractivity contribution in [3.05, 3.63) is 0 Å². The highest BCUT2D eigenvalue weighted by Gasteiger charge is 1.89. The molecule has 6 heteroatoms. The minimum atomic E-state index is -0.125. The molecule has 0 saturated heterocycles. The number of aliphatic hydroxyl groups is 6. The Bertz CT molecular complexity index is 142. The van der Waals surface area contributed by atoms with Crippen LogP contribution in [-0.2, 0) is 0 Å². The smallest absolute Gasteiger partial charge is 0.0662 e.